The number of anilines is 1. The highest BCUT2D eigenvalue weighted by Gasteiger charge is 2.15. The molecule has 0 bridgehead atoms. The number of rotatable bonds is 0. The number of hydrogen-bond acceptors (Lipinski definition) is 1. The van der Waals surface area contributed by atoms with Crippen molar-refractivity contribution in [3.63, 3.8) is 0 Å². The first-order chi connectivity index (χ1) is 6.36. The summed E-state index contributed by atoms with van der Waals surface area (Å²) in [5, 5.41) is 2.74. The summed E-state index contributed by atoms with van der Waals surface area (Å²) in [6, 6.07) is 10.6. The summed E-state index contributed by atoms with van der Waals surface area (Å²) in [7, 11) is 0. The zero-order chi connectivity index (χ0) is 8.84. The van der Waals surface area contributed by atoms with Crippen LogP contribution in [-0.4, -0.2) is 0 Å². The third kappa shape index (κ3) is 1.09. The van der Waals surface area contributed by atoms with Gasteiger partial charge in [0.1, 0.15) is 0 Å². The van der Waals surface area contributed by atoms with Crippen molar-refractivity contribution < 1.29 is 0 Å². The zero-order valence-corrected chi connectivity index (χ0v) is 8.60. The van der Waals surface area contributed by atoms with Crippen LogP contribution in [0.5, 0.6) is 0 Å². The Morgan fingerprint density at radius 2 is 1.86 bits per heavy atom. The molecule has 0 amide bonds. The summed E-state index contributed by atoms with van der Waals surface area (Å²) >= 11 is 0. The van der Waals surface area contributed by atoms with Gasteiger partial charge in [0.25, 0.3) is 0 Å². The lowest BCUT2D eigenvalue weighted by Gasteiger charge is -2.03. The maximum atomic E-state index is 5.93. The van der Waals surface area contributed by atoms with Gasteiger partial charge < -0.3 is 5.73 Å². The maximum Gasteiger partial charge on any atom is 0.0353 e. The molecule has 0 heterocycles. The van der Waals surface area contributed by atoms with Crippen molar-refractivity contribution in [2.75, 3.05) is 5.73 Å². The van der Waals surface area contributed by atoms with Gasteiger partial charge in [0.2, 0.25) is 0 Å². The molecule has 0 radical (unpaired) electrons. The molecular weight excluding hydrogens is 194 g/mol. The molecule has 2 aromatic carbocycles. The molecule has 0 spiro atoms. The van der Waals surface area contributed by atoms with E-state index in [2.05, 4.69) is 24.3 Å². The van der Waals surface area contributed by atoms with Crippen LogP contribution in [0.1, 0.15) is 11.1 Å². The predicted molar refractivity (Wildman–Crippen MR) is 63.0 cm³/mol. The molecule has 0 fully saturated rings. The second-order valence-corrected chi connectivity index (χ2v) is 3.65. The molecule has 1 aliphatic carbocycles. The minimum absolute atomic E-state index is 0. The molecule has 0 aliphatic heterocycles. The Labute approximate surface area is 89.3 Å². The summed E-state index contributed by atoms with van der Waals surface area (Å²) in [4.78, 5) is 0. The van der Waals surface area contributed by atoms with Gasteiger partial charge in [-0.3, -0.25) is 0 Å². The SMILES string of the molecule is Cl.Nc1ccc2cccc3c2c1CC3. The van der Waals surface area contributed by atoms with Crippen molar-refractivity contribution in [3.8, 4) is 0 Å². The molecule has 0 aromatic heterocycles. The average molecular weight is 206 g/mol. The van der Waals surface area contributed by atoms with E-state index in [0.29, 0.717) is 0 Å². The molecule has 0 unspecified atom stereocenters. The summed E-state index contributed by atoms with van der Waals surface area (Å²) in [5.74, 6) is 0. The Morgan fingerprint density at radius 1 is 1.00 bits per heavy atom. The largest absolute Gasteiger partial charge is 0.398 e. The Hall–Kier alpha value is -1.21. The van der Waals surface area contributed by atoms with Crippen LogP contribution in [0.3, 0.4) is 0 Å². The highest BCUT2D eigenvalue weighted by molar-refractivity contribution is 5.94. The fraction of sp³-hybridized carbons (Fsp3) is 0.167. The summed E-state index contributed by atoms with van der Waals surface area (Å²) in [5.41, 5.74) is 9.70. The van der Waals surface area contributed by atoms with Gasteiger partial charge >= 0.3 is 0 Å². The van der Waals surface area contributed by atoms with E-state index in [1.54, 1.807) is 0 Å². The number of halogens is 1. The summed E-state index contributed by atoms with van der Waals surface area (Å²) < 4.78 is 0. The highest BCUT2D eigenvalue weighted by Crippen LogP contribution is 2.33. The minimum Gasteiger partial charge on any atom is -0.398 e. The van der Waals surface area contributed by atoms with Crippen LogP contribution in [0.2, 0.25) is 0 Å². The van der Waals surface area contributed by atoms with Crippen molar-refractivity contribution in [1.29, 1.82) is 0 Å². The van der Waals surface area contributed by atoms with Crippen molar-refractivity contribution in [2.45, 2.75) is 12.8 Å². The fourth-order valence-electron chi connectivity index (χ4n) is 2.29. The molecule has 2 aromatic rings. The van der Waals surface area contributed by atoms with E-state index in [4.69, 9.17) is 5.73 Å². The number of benzene rings is 2. The van der Waals surface area contributed by atoms with Gasteiger partial charge in [-0.05, 0) is 40.8 Å². The Kier molecular flexibility index (Phi) is 2.12. The zero-order valence-electron chi connectivity index (χ0n) is 7.79. The fourth-order valence-corrected chi connectivity index (χ4v) is 2.29. The van der Waals surface area contributed by atoms with Gasteiger partial charge in [-0.25, -0.2) is 0 Å². The molecule has 14 heavy (non-hydrogen) atoms. The van der Waals surface area contributed by atoms with Gasteiger partial charge in [0.05, 0.1) is 0 Å². The van der Waals surface area contributed by atoms with Gasteiger partial charge in [0, 0.05) is 5.69 Å². The van der Waals surface area contributed by atoms with Gasteiger partial charge in [-0.1, -0.05) is 24.3 Å². The molecule has 0 atom stereocenters. The van der Waals surface area contributed by atoms with Crippen LogP contribution in [0.25, 0.3) is 10.8 Å². The molecule has 3 rings (SSSR count). The lowest BCUT2D eigenvalue weighted by molar-refractivity contribution is 1.03. The monoisotopic (exact) mass is 205 g/mol. The van der Waals surface area contributed by atoms with Gasteiger partial charge in [-0.2, -0.15) is 0 Å². The Bertz CT molecular complexity index is 491. The number of aryl methyl sites for hydroxylation is 2. The molecule has 72 valence electrons. The van der Waals surface area contributed by atoms with Crippen LogP contribution < -0.4 is 5.73 Å². The van der Waals surface area contributed by atoms with Crippen LogP contribution in [0.15, 0.2) is 30.3 Å². The maximum absolute atomic E-state index is 5.93. The van der Waals surface area contributed by atoms with E-state index >= 15 is 0 Å². The first kappa shape index (κ1) is 9.35. The highest BCUT2D eigenvalue weighted by atomic mass is 35.5. The normalized spacial score (nSPS) is 12.9. The summed E-state index contributed by atoms with van der Waals surface area (Å²) in [6.07, 6.45) is 2.27. The van der Waals surface area contributed by atoms with Crippen LogP contribution in [0.4, 0.5) is 5.69 Å². The number of nitrogen functional groups attached to an aromatic ring is 1. The third-order valence-electron chi connectivity index (χ3n) is 2.92. The van der Waals surface area contributed by atoms with E-state index in [9.17, 15) is 0 Å². The molecule has 1 aliphatic rings. The predicted octanol–water partition coefficient (Wildman–Crippen LogP) is 2.94. The van der Waals surface area contributed by atoms with Crippen LogP contribution in [0, 0.1) is 0 Å². The Balaban J connectivity index is 0.000000750. The van der Waals surface area contributed by atoms with E-state index in [-0.39, 0.29) is 12.4 Å². The number of hydrogen-bond donors (Lipinski definition) is 1. The first-order valence-corrected chi connectivity index (χ1v) is 4.65. The van der Waals surface area contributed by atoms with Crippen LogP contribution >= 0.6 is 12.4 Å². The van der Waals surface area contributed by atoms with Crippen molar-refractivity contribution in [1.82, 2.24) is 0 Å². The van der Waals surface area contributed by atoms with E-state index in [0.717, 1.165) is 18.5 Å². The van der Waals surface area contributed by atoms with Gasteiger partial charge in [-0.15, -0.1) is 12.4 Å². The third-order valence-corrected chi connectivity index (χ3v) is 2.92. The second kappa shape index (κ2) is 3.18. The quantitative estimate of drug-likeness (QED) is 0.658. The smallest absolute Gasteiger partial charge is 0.0353 e. The van der Waals surface area contributed by atoms with Crippen molar-refractivity contribution in [2.24, 2.45) is 0 Å². The molecule has 0 saturated heterocycles. The van der Waals surface area contributed by atoms with Crippen molar-refractivity contribution in [3.05, 3.63) is 41.5 Å². The molecule has 1 nitrogen and oxygen atoms in total. The van der Waals surface area contributed by atoms with Gasteiger partial charge in [0.15, 0.2) is 0 Å². The van der Waals surface area contributed by atoms with Crippen molar-refractivity contribution >= 4 is 28.9 Å². The summed E-state index contributed by atoms with van der Waals surface area (Å²) in [6.45, 7) is 0. The molecule has 2 N–H and O–H groups in total. The minimum atomic E-state index is 0. The molecule has 2 heteroatoms. The van der Waals surface area contributed by atoms with E-state index in [1.807, 2.05) is 6.07 Å². The first-order valence-electron chi connectivity index (χ1n) is 4.65. The molecule has 0 saturated carbocycles. The number of nitrogens with two attached hydrogens (primary N) is 1. The van der Waals surface area contributed by atoms with E-state index < -0.39 is 0 Å². The van der Waals surface area contributed by atoms with Crippen LogP contribution in [-0.2, 0) is 12.8 Å². The second-order valence-electron chi connectivity index (χ2n) is 3.65. The lowest BCUT2D eigenvalue weighted by atomic mass is 10.0. The standard InChI is InChI=1S/C12H11N.ClH/c13-11-7-5-9-3-1-2-8-4-6-10(11)12(8)9;/h1-3,5,7H,4,6,13H2;1H. The molecular formula is C12H12ClN. The lowest BCUT2D eigenvalue weighted by Crippen LogP contribution is -1.90. The topological polar surface area (TPSA) is 26.0 Å². The Morgan fingerprint density at radius 3 is 2.71 bits per heavy atom. The average Bonchev–Trinajstić information content (AvgIpc) is 2.57. The van der Waals surface area contributed by atoms with E-state index in [1.165, 1.54) is 21.9 Å².